The van der Waals surface area contributed by atoms with E-state index in [-0.39, 0.29) is 12.0 Å². The van der Waals surface area contributed by atoms with E-state index < -0.39 is 6.29 Å². The van der Waals surface area contributed by atoms with E-state index in [2.05, 4.69) is 15.0 Å². The van der Waals surface area contributed by atoms with E-state index in [1.165, 1.54) is 36.3 Å². The standard InChI is InChI=1S/C10H12N4O4S/c1-16-10-8-9(11-4-12-10)14(5-13-8)18-6-3-19-7(2-15)17-6/h4-7,15H,2-3H2,1H3/t6-,7?/m1/s1. The number of thioether (sulfide) groups is 1. The van der Waals surface area contributed by atoms with E-state index in [4.69, 9.17) is 19.4 Å². The Morgan fingerprint density at radius 2 is 2.42 bits per heavy atom. The Kier molecular flexibility index (Phi) is 3.40. The molecule has 3 rings (SSSR count). The molecule has 3 heterocycles. The molecule has 2 aromatic rings. The first kappa shape index (κ1) is 12.5. The highest BCUT2D eigenvalue weighted by Gasteiger charge is 2.28. The molecule has 0 amide bonds. The molecule has 1 unspecified atom stereocenters. The van der Waals surface area contributed by atoms with Gasteiger partial charge in [0, 0.05) is 0 Å². The molecular weight excluding hydrogens is 272 g/mol. The number of imidazole rings is 1. The van der Waals surface area contributed by atoms with E-state index >= 15 is 0 Å². The van der Waals surface area contributed by atoms with Crippen LogP contribution in [0.1, 0.15) is 0 Å². The van der Waals surface area contributed by atoms with E-state index in [1.54, 1.807) is 0 Å². The van der Waals surface area contributed by atoms with Gasteiger partial charge >= 0.3 is 0 Å². The number of methoxy groups -OCH3 is 1. The molecule has 1 aliphatic heterocycles. The van der Waals surface area contributed by atoms with Crippen LogP contribution in [-0.4, -0.2) is 56.0 Å². The zero-order valence-corrected chi connectivity index (χ0v) is 10.9. The topological polar surface area (TPSA) is 91.5 Å². The van der Waals surface area contributed by atoms with E-state index in [9.17, 15) is 0 Å². The van der Waals surface area contributed by atoms with Gasteiger partial charge in [-0.25, -0.2) is 9.97 Å². The maximum Gasteiger partial charge on any atom is 0.245 e. The molecule has 0 aromatic carbocycles. The third kappa shape index (κ3) is 2.31. The van der Waals surface area contributed by atoms with E-state index in [0.29, 0.717) is 22.8 Å². The Morgan fingerprint density at radius 1 is 1.53 bits per heavy atom. The summed E-state index contributed by atoms with van der Waals surface area (Å²) in [6.45, 7) is -0.0365. The molecule has 2 atom stereocenters. The lowest BCUT2D eigenvalue weighted by molar-refractivity contribution is -0.132. The number of nitrogens with zero attached hydrogens (tertiary/aromatic N) is 4. The smallest absolute Gasteiger partial charge is 0.245 e. The molecule has 0 saturated carbocycles. The fourth-order valence-corrected chi connectivity index (χ4v) is 2.55. The molecular formula is C10H12N4O4S. The Bertz CT molecular complexity index is 578. The highest BCUT2D eigenvalue weighted by Crippen LogP contribution is 2.25. The fraction of sp³-hybridized carbons (Fsp3) is 0.500. The van der Waals surface area contributed by atoms with Crippen LogP contribution in [0.25, 0.3) is 11.2 Å². The Hall–Kier alpha value is -1.58. The second-order valence-corrected chi connectivity index (χ2v) is 4.93. The van der Waals surface area contributed by atoms with Crippen LogP contribution >= 0.6 is 11.8 Å². The molecule has 0 spiro atoms. The highest BCUT2D eigenvalue weighted by atomic mass is 32.2. The normalized spacial score (nSPS) is 22.8. The van der Waals surface area contributed by atoms with Gasteiger partial charge in [-0.15, -0.1) is 16.5 Å². The number of fused-ring (bicyclic) bond motifs is 1. The minimum absolute atomic E-state index is 0.0365. The van der Waals surface area contributed by atoms with Crippen molar-refractivity contribution in [1.82, 2.24) is 19.7 Å². The quantitative estimate of drug-likeness (QED) is 0.816. The summed E-state index contributed by atoms with van der Waals surface area (Å²) < 4.78 is 12.0. The molecule has 0 aliphatic carbocycles. The van der Waals surface area contributed by atoms with Crippen molar-refractivity contribution in [2.24, 2.45) is 0 Å². The van der Waals surface area contributed by atoms with Gasteiger partial charge in [0.1, 0.15) is 18.1 Å². The zero-order chi connectivity index (χ0) is 13.2. The highest BCUT2D eigenvalue weighted by molar-refractivity contribution is 8.00. The molecule has 1 saturated heterocycles. The summed E-state index contributed by atoms with van der Waals surface area (Å²) in [5, 5.41) is 8.99. The van der Waals surface area contributed by atoms with Gasteiger partial charge in [0.2, 0.25) is 17.8 Å². The molecule has 2 aromatic heterocycles. The number of aliphatic hydroxyl groups excluding tert-OH is 1. The maximum atomic E-state index is 8.99. The minimum atomic E-state index is -0.444. The molecule has 102 valence electrons. The number of rotatable bonds is 4. The lowest BCUT2D eigenvalue weighted by atomic mass is 10.5. The lowest BCUT2D eigenvalue weighted by Gasteiger charge is -2.13. The van der Waals surface area contributed by atoms with Crippen LogP contribution in [0, 0.1) is 0 Å². The summed E-state index contributed by atoms with van der Waals surface area (Å²) in [5.41, 5.74) is 0.784. The first-order valence-corrected chi connectivity index (χ1v) is 6.64. The molecule has 19 heavy (non-hydrogen) atoms. The van der Waals surface area contributed by atoms with Crippen LogP contribution in [0.5, 0.6) is 5.88 Å². The van der Waals surface area contributed by atoms with Gasteiger partial charge < -0.3 is 19.4 Å². The van der Waals surface area contributed by atoms with E-state index in [0.717, 1.165) is 0 Å². The van der Waals surface area contributed by atoms with Gasteiger partial charge in [-0.2, -0.15) is 4.98 Å². The second-order valence-electron chi connectivity index (χ2n) is 3.74. The van der Waals surface area contributed by atoms with Gasteiger partial charge in [0.05, 0.1) is 19.5 Å². The summed E-state index contributed by atoms with van der Waals surface area (Å²) in [6.07, 6.45) is 2.42. The average molecular weight is 284 g/mol. The third-order valence-electron chi connectivity index (χ3n) is 2.57. The maximum absolute atomic E-state index is 8.99. The van der Waals surface area contributed by atoms with Gasteiger partial charge in [0.25, 0.3) is 0 Å². The average Bonchev–Trinajstić information content (AvgIpc) is 3.06. The van der Waals surface area contributed by atoms with Gasteiger partial charge in [0.15, 0.2) is 5.52 Å². The van der Waals surface area contributed by atoms with Gasteiger partial charge in [-0.1, -0.05) is 0 Å². The predicted molar refractivity (Wildman–Crippen MR) is 66.7 cm³/mol. The first-order valence-electron chi connectivity index (χ1n) is 5.59. The SMILES string of the molecule is COc1ncnc2c1ncn2O[C@@H]1CSC(CO)O1. The van der Waals surface area contributed by atoms with Crippen LogP contribution in [0.15, 0.2) is 12.7 Å². The van der Waals surface area contributed by atoms with Crippen molar-refractivity contribution in [2.45, 2.75) is 11.7 Å². The predicted octanol–water partition coefficient (Wildman–Crippen LogP) is -0.329. The zero-order valence-electron chi connectivity index (χ0n) is 10.1. The van der Waals surface area contributed by atoms with Crippen LogP contribution < -0.4 is 9.57 Å². The summed E-state index contributed by atoms with van der Waals surface area (Å²) in [7, 11) is 1.52. The number of aliphatic hydroxyl groups is 1. The number of hydrogen-bond donors (Lipinski definition) is 1. The summed E-state index contributed by atoms with van der Waals surface area (Å²) in [5.74, 6) is 1.02. The van der Waals surface area contributed by atoms with Crippen molar-refractivity contribution in [3.05, 3.63) is 12.7 Å². The molecule has 0 radical (unpaired) electrons. The number of hydrogen-bond acceptors (Lipinski definition) is 8. The molecule has 1 fully saturated rings. The van der Waals surface area contributed by atoms with Crippen molar-refractivity contribution in [3.8, 4) is 5.88 Å². The summed E-state index contributed by atoms with van der Waals surface area (Å²) in [4.78, 5) is 17.8. The molecule has 1 aliphatic rings. The number of ether oxygens (including phenoxy) is 2. The fourth-order valence-electron chi connectivity index (χ4n) is 1.73. The van der Waals surface area contributed by atoms with E-state index in [1.807, 2.05) is 0 Å². The molecule has 8 nitrogen and oxygen atoms in total. The first-order chi connectivity index (χ1) is 9.31. The molecule has 0 bridgehead atoms. The summed E-state index contributed by atoms with van der Waals surface area (Å²) >= 11 is 1.50. The van der Waals surface area contributed by atoms with Crippen molar-refractivity contribution in [2.75, 3.05) is 19.5 Å². The van der Waals surface area contributed by atoms with Crippen molar-refractivity contribution in [3.63, 3.8) is 0 Å². The van der Waals surface area contributed by atoms with Gasteiger partial charge in [-0.05, 0) is 0 Å². The minimum Gasteiger partial charge on any atom is -0.479 e. The van der Waals surface area contributed by atoms with Crippen LogP contribution in [0.3, 0.4) is 0 Å². The largest absolute Gasteiger partial charge is 0.479 e. The van der Waals surface area contributed by atoms with Crippen LogP contribution in [0.2, 0.25) is 0 Å². The van der Waals surface area contributed by atoms with Crippen molar-refractivity contribution < 1.29 is 19.4 Å². The van der Waals surface area contributed by atoms with Crippen molar-refractivity contribution in [1.29, 1.82) is 0 Å². The number of aromatic nitrogens is 4. The van der Waals surface area contributed by atoms with Crippen LogP contribution in [-0.2, 0) is 4.74 Å². The Balaban J connectivity index is 1.82. The molecule has 1 N–H and O–H groups in total. The monoisotopic (exact) mass is 284 g/mol. The summed E-state index contributed by atoms with van der Waals surface area (Å²) in [6, 6.07) is 0. The van der Waals surface area contributed by atoms with Gasteiger partial charge in [-0.3, -0.25) is 0 Å². The van der Waals surface area contributed by atoms with Crippen molar-refractivity contribution >= 4 is 22.9 Å². The Labute approximate surface area is 112 Å². The second kappa shape index (κ2) is 5.19. The van der Waals surface area contributed by atoms with Crippen LogP contribution in [0.4, 0.5) is 0 Å². The molecule has 9 heteroatoms. The Morgan fingerprint density at radius 3 is 3.16 bits per heavy atom. The lowest BCUT2D eigenvalue weighted by Crippen LogP contribution is -2.27. The third-order valence-corrected chi connectivity index (χ3v) is 3.66.